The molecule has 2 nitrogen and oxygen atoms in total. The highest BCUT2D eigenvalue weighted by atomic mass is 79.9. The molecule has 0 bridgehead atoms. The van der Waals surface area contributed by atoms with Crippen molar-refractivity contribution in [1.29, 1.82) is 0 Å². The van der Waals surface area contributed by atoms with Crippen LogP contribution in [0.25, 0.3) is 0 Å². The maximum atomic E-state index is 6.42. The number of hydrogen-bond acceptors (Lipinski definition) is 3. The molecule has 0 amide bonds. The Balaban J connectivity index is 1.89. The van der Waals surface area contributed by atoms with Gasteiger partial charge in [-0.25, -0.2) is 0 Å². The Labute approximate surface area is 143 Å². The fraction of sp³-hybridized carbons (Fsp3) is 0.375. The van der Waals surface area contributed by atoms with E-state index in [1.165, 1.54) is 17.7 Å². The molecule has 1 aliphatic rings. The van der Waals surface area contributed by atoms with Gasteiger partial charge in [-0.15, -0.1) is 11.3 Å². The summed E-state index contributed by atoms with van der Waals surface area (Å²) in [6.07, 6.45) is 2.51. The molecule has 1 fully saturated rings. The molecule has 1 aromatic carbocycles. The van der Waals surface area contributed by atoms with Crippen molar-refractivity contribution >= 4 is 38.9 Å². The molecule has 2 aromatic rings. The standard InChI is InChI=1S/C16H18BrClN2S/c17-11-3-6-15(18)14(8-11)16(9-19)20(12-4-5-12)10-13-2-1-7-21-13/h1-3,6-8,12,16H,4-5,9-10,19H2. The van der Waals surface area contributed by atoms with Gasteiger partial charge in [0.1, 0.15) is 0 Å². The molecule has 5 heteroatoms. The lowest BCUT2D eigenvalue weighted by atomic mass is 10.0. The number of rotatable bonds is 6. The zero-order valence-electron chi connectivity index (χ0n) is 11.6. The molecular formula is C16H18BrClN2S. The predicted octanol–water partition coefficient (Wildman–Crippen LogP) is 4.83. The lowest BCUT2D eigenvalue weighted by Crippen LogP contribution is -2.35. The van der Waals surface area contributed by atoms with Crippen molar-refractivity contribution in [3.05, 3.63) is 55.6 Å². The Morgan fingerprint density at radius 1 is 1.38 bits per heavy atom. The largest absolute Gasteiger partial charge is 0.329 e. The average Bonchev–Trinajstić information content (AvgIpc) is 3.19. The molecule has 1 atom stereocenters. The number of hydrogen-bond donors (Lipinski definition) is 1. The summed E-state index contributed by atoms with van der Waals surface area (Å²) in [5.41, 5.74) is 7.23. The second-order valence-corrected chi connectivity index (χ2v) is 7.76. The van der Waals surface area contributed by atoms with Crippen molar-refractivity contribution in [3.63, 3.8) is 0 Å². The maximum absolute atomic E-state index is 6.42. The average molecular weight is 386 g/mol. The Morgan fingerprint density at radius 3 is 2.81 bits per heavy atom. The smallest absolute Gasteiger partial charge is 0.0492 e. The molecule has 3 rings (SSSR count). The summed E-state index contributed by atoms with van der Waals surface area (Å²) < 4.78 is 1.05. The van der Waals surface area contributed by atoms with E-state index in [1.54, 1.807) is 11.3 Å². The van der Waals surface area contributed by atoms with Crippen LogP contribution < -0.4 is 5.73 Å². The van der Waals surface area contributed by atoms with Gasteiger partial charge in [0, 0.05) is 39.5 Å². The van der Waals surface area contributed by atoms with Gasteiger partial charge in [-0.3, -0.25) is 4.90 Å². The molecule has 1 saturated carbocycles. The molecule has 0 spiro atoms. The molecule has 0 saturated heterocycles. The van der Waals surface area contributed by atoms with Crippen LogP contribution >= 0.6 is 38.9 Å². The molecule has 0 radical (unpaired) electrons. The molecule has 21 heavy (non-hydrogen) atoms. The van der Waals surface area contributed by atoms with Gasteiger partial charge in [-0.05, 0) is 48.1 Å². The van der Waals surface area contributed by atoms with Gasteiger partial charge >= 0.3 is 0 Å². The normalized spacial score (nSPS) is 16.4. The van der Waals surface area contributed by atoms with Gasteiger partial charge in [-0.1, -0.05) is 33.6 Å². The third-order valence-electron chi connectivity index (χ3n) is 3.88. The van der Waals surface area contributed by atoms with E-state index in [2.05, 4.69) is 44.4 Å². The monoisotopic (exact) mass is 384 g/mol. The quantitative estimate of drug-likeness (QED) is 0.771. The Kier molecular flexibility index (Phi) is 5.02. The van der Waals surface area contributed by atoms with Crippen LogP contribution in [0.5, 0.6) is 0 Å². The summed E-state index contributed by atoms with van der Waals surface area (Å²) in [5, 5.41) is 2.93. The van der Waals surface area contributed by atoms with E-state index in [9.17, 15) is 0 Å². The summed E-state index contributed by atoms with van der Waals surface area (Å²) in [7, 11) is 0. The van der Waals surface area contributed by atoms with Gasteiger partial charge in [-0.2, -0.15) is 0 Å². The van der Waals surface area contributed by atoms with Crippen molar-refractivity contribution in [2.75, 3.05) is 6.54 Å². The zero-order chi connectivity index (χ0) is 14.8. The number of nitrogens with zero attached hydrogens (tertiary/aromatic N) is 1. The third-order valence-corrected chi connectivity index (χ3v) is 5.57. The van der Waals surface area contributed by atoms with Crippen molar-refractivity contribution in [3.8, 4) is 0 Å². The lowest BCUT2D eigenvalue weighted by molar-refractivity contribution is 0.183. The van der Waals surface area contributed by atoms with Gasteiger partial charge in [0.25, 0.3) is 0 Å². The highest BCUT2D eigenvalue weighted by Gasteiger charge is 2.35. The fourth-order valence-electron chi connectivity index (χ4n) is 2.69. The predicted molar refractivity (Wildman–Crippen MR) is 93.8 cm³/mol. The van der Waals surface area contributed by atoms with Crippen LogP contribution in [-0.4, -0.2) is 17.5 Å². The van der Waals surface area contributed by atoms with Crippen LogP contribution in [0.4, 0.5) is 0 Å². The first-order valence-corrected chi connectivity index (χ1v) is 9.17. The minimum absolute atomic E-state index is 0.171. The van der Waals surface area contributed by atoms with Crippen LogP contribution in [0, 0.1) is 0 Å². The summed E-state index contributed by atoms with van der Waals surface area (Å²) in [5.74, 6) is 0. The number of halogens is 2. The third kappa shape index (κ3) is 3.69. The van der Waals surface area contributed by atoms with Gasteiger partial charge in [0.15, 0.2) is 0 Å². The summed E-state index contributed by atoms with van der Waals surface area (Å²) >= 11 is 11.8. The molecule has 0 aliphatic heterocycles. The van der Waals surface area contributed by atoms with Crippen molar-refractivity contribution in [2.45, 2.75) is 31.5 Å². The van der Waals surface area contributed by atoms with E-state index < -0.39 is 0 Å². The van der Waals surface area contributed by atoms with Crippen LogP contribution in [-0.2, 0) is 6.54 Å². The molecule has 112 valence electrons. The van der Waals surface area contributed by atoms with Crippen LogP contribution in [0.15, 0.2) is 40.2 Å². The first-order chi connectivity index (χ1) is 10.2. The lowest BCUT2D eigenvalue weighted by Gasteiger charge is -2.31. The van der Waals surface area contributed by atoms with Crippen LogP contribution in [0.1, 0.15) is 29.3 Å². The van der Waals surface area contributed by atoms with Crippen molar-refractivity contribution in [2.24, 2.45) is 5.73 Å². The van der Waals surface area contributed by atoms with Gasteiger partial charge < -0.3 is 5.73 Å². The van der Waals surface area contributed by atoms with Crippen LogP contribution in [0.2, 0.25) is 5.02 Å². The topological polar surface area (TPSA) is 29.3 Å². The van der Waals surface area contributed by atoms with Gasteiger partial charge in [0.2, 0.25) is 0 Å². The van der Waals surface area contributed by atoms with Gasteiger partial charge in [0.05, 0.1) is 0 Å². The molecule has 1 heterocycles. The van der Waals surface area contributed by atoms with Crippen molar-refractivity contribution < 1.29 is 0 Å². The van der Waals surface area contributed by atoms with Crippen molar-refractivity contribution in [1.82, 2.24) is 4.90 Å². The number of benzene rings is 1. The maximum Gasteiger partial charge on any atom is 0.0492 e. The zero-order valence-corrected chi connectivity index (χ0v) is 14.8. The molecule has 1 unspecified atom stereocenters. The van der Waals surface area contributed by atoms with E-state index in [1.807, 2.05) is 12.1 Å². The number of nitrogens with two attached hydrogens (primary N) is 1. The molecule has 1 aliphatic carbocycles. The Bertz CT molecular complexity index is 598. The molecule has 2 N–H and O–H groups in total. The fourth-order valence-corrected chi connectivity index (χ4v) is 4.03. The van der Waals surface area contributed by atoms with E-state index in [0.29, 0.717) is 12.6 Å². The number of thiophene rings is 1. The van der Waals surface area contributed by atoms with E-state index in [-0.39, 0.29) is 6.04 Å². The molecular weight excluding hydrogens is 368 g/mol. The molecule has 1 aromatic heterocycles. The summed E-state index contributed by atoms with van der Waals surface area (Å²) in [6, 6.07) is 11.1. The second-order valence-electron chi connectivity index (χ2n) is 5.40. The highest BCUT2D eigenvalue weighted by molar-refractivity contribution is 9.10. The summed E-state index contributed by atoms with van der Waals surface area (Å²) in [6.45, 7) is 1.53. The Hall–Kier alpha value is -0.390. The minimum atomic E-state index is 0.171. The van der Waals surface area contributed by atoms with E-state index >= 15 is 0 Å². The van der Waals surface area contributed by atoms with E-state index in [0.717, 1.165) is 21.6 Å². The SMILES string of the molecule is NCC(c1cc(Br)ccc1Cl)N(Cc1cccs1)C1CC1. The first kappa shape index (κ1) is 15.5. The summed E-state index contributed by atoms with van der Waals surface area (Å²) in [4.78, 5) is 3.89. The van der Waals surface area contributed by atoms with E-state index in [4.69, 9.17) is 17.3 Å². The first-order valence-electron chi connectivity index (χ1n) is 7.12. The highest BCUT2D eigenvalue weighted by Crippen LogP contribution is 2.38. The van der Waals surface area contributed by atoms with Crippen LogP contribution in [0.3, 0.4) is 0 Å². The minimum Gasteiger partial charge on any atom is -0.329 e. The second kappa shape index (κ2) is 6.80. The Morgan fingerprint density at radius 2 is 2.19 bits per heavy atom.